The Kier molecular flexibility index (Phi) is 10.4. The fraction of sp³-hybridized carbons (Fsp3) is 0.917. The van der Waals surface area contributed by atoms with Gasteiger partial charge >= 0.3 is 0 Å². The van der Waals surface area contributed by atoms with Crippen molar-refractivity contribution in [1.82, 2.24) is 0 Å². The predicted octanol–water partition coefficient (Wildman–Crippen LogP) is 3.34. The van der Waals surface area contributed by atoms with Crippen LogP contribution in [0.25, 0.3) is 0 Å². The Morgan fingerprint density at radius 1 is 1.00 bits per heavy atom. The van der Waals surface area contributed by atoms with Crippen molar-refractivity contribution < 1.29 is 9.53 Å². The van der Waals surface area contributed by atoms with Crippen LogP contribution in [-0.2, 0) is 9.53 Å². The van der Waals surface area contributed by atoms with Crippen LogP contribution in [0, 0.1) is 0 Å². The zero-order chi connectivity index (χ0) is 10.6. The van der Waals surface area contributed by atoms with E-state index >= 15 is 0 Å². The van der Waals surface area contributed by atoms with Gasteiger partial charge in [-0.3, -0.25) is 0 Å². The normalized spacial score (nSPS) is 10.4. The van der Waals surface area contributed by atoms with Crippen LogP contribution < -0.4 is 0 Å². The van der Waals surface area contributed by atoms with Gasteiger partial charge in [-0.1, -0.05) is 26.2 Å². The lowest BCUT2D eigenvalue weighted by atomic mass is 10.1. The number of ether oxygens (including phenoxy) is 1. The fourth-order valence-corrected chi connectivity index (χ4v) is 1.28. The molecule has 0 rings (SSSR count). The Labute approximate surface area is 88.0 Å². The van der Waals surface area contributed by atoms with Gasteiger partial charge in [0.1, 0.15) is 5.78 Å². The minimum absolute atomic E-state index is 0.309. The Bertz CT molecular complexity index is 132. The van der Waals surface area contributed by atoms with E-state index in [1.54, 1.807) is 6.92 Å². The van der Waals surface area contributed by atoms with Gasteiger partial charge in [0.2, 0.25) is 0 Å². The molecule has 0 aromatic carbocycles. The second-order valence-electron chi connectivity index (χ2n) is 3.83. The maximum absolute atomic E-state index is 10.6. The first kappa shape index (κ1) is 13.6. The summed E-state index contributed by atoms with van der Waals surface area (Å²) in [5.74, 6) is 0.309. The molecule has 0 bridgehead atoms. The number of ketones is 1. The molecule has 0 heterocycles. The summed E-state index contributed by atoms with van der Waals surface area (Å²) in [5, 5.41) is 0. The minimum Gasteiger partial charge on any atom is -0.381 e. The first-order chi connectivity index (χ1) is 6.77. The molecule has 0 saturated heterocycles. The summed E-state index contributed by atoms with van der Waals surface area (Å²) in [5.41, 5.74) is 0. The molecule has 84 valence electrons. The highest BCUT2D eigenvalue weighted by atomic mass is 16.5. The van der Waals surface area contributed by atoms with E-state index in [-0.39, 0.29) is 0 Å². The molecule has 0 aliphatic heterocycles. The van der Waals surface area contributed by atoms with Gasteiger partial charge in [-0.05, 0) is 26.2 Å². The van der Waals surface area contributed by atoms with Crippen LogP contribution in [0.3, 0.4) is 0 Å². The summed E-state index contributed by atoms with van der Waals surface area (Å²) in [6.07, 6.45) is 7.67. The average Bonchev–Trinajstić information content (AvgIpc) is 2.15. The molecule has 0 N–H and O–H groups in total. The first-order valence-electron chi connectivity index (χ1n) is 5.84. The summed E-state index contributed by atoms with van der Waals surface area (Å²) < 4.78 is 5.43. The van der Waals surface area contributed by atoms with E-state index in [0.29, 0.717) is 5.78 Å². The topological polar surface area (TPSA) is 26.3 Å². The molecule has 0 fully saturated rings. The van der Waals surface area contributed by atoms with Gasteiger partial charge < -0.3 is 9.53 Å². The van der Waals surface area contributed by atoms with Crippen molar-refractivity contribution in [1.29, 1.82) is 0 Å². The van der Waals surface area contributed by atoms with Gasteiger partial charge in [0, 0.05) is 19.6 Å². The van der Waals surface area contributed by atoms with Crippen molar-refractivity contribution >= 4 is 5.78 Å². The molecule has 0 spiro atoms. The Morgan fingerprint density at radius 3 is 2.29 bits per heavy atom. The monoisotopic (exact) mass is 200 g/mol. The van der Waals surface area contributed by atoms with Gasteiger partial charge in [0.05, 0.1) is 0 Å². The zero-order valence-corrected chi connectivity index (χ0v) is 9.68. The highest BCUT2D eigenvalue weighted by Gasteiger charge is 1.94. The maximum atomic E-state index is 10.6. The molecular weight excluding hydrogens is 176 g/mol. The van der Waals surface area contributed by atoms with E-state index in [2.05, 4.69) is 6.92 Å². The minimum atomic E-state index is 0.309. The number of Topliss-reactive ketones (excluding diaryl/α,β-unsaturated/α-hetero) is 1. The van der Waals surface area contributed by atoms with Gasteiger partial charge in [0.25, 0.3) is 0 Å². The van der Waals surface area contributed by atoms with E-state index in [1.165, 1.54) is 19.3 Å². The second-order valence-corrected chi connectivity index (χ2v) is 3.83. The Morgan fingerprint density at radius 2 is 1.64 bits per heavy atom. The molecule has 14 heavy (non-hydrogen) atoms. The molecule has 0 aromatic rings. The fourth-order valence-electron chi connectivity index (χ4n) is 1.28. The van der Waals surface area contributed by atoms with Crippen molar-refractivity contribution in [2.45, 2.75) is 58.8 Å². The van der Waals surface area contributed by atoms with Crippen LogP contribution >= 0.6 is 0 Å². The molecular formula is C12H24O2. The molecule has 0 atom stereocenters. The highest BCUT2D eigenvalue weighted by Crippen LogP contribution is 2.03. The predicted molar refractivity (Wildman–Crippen MR) is 59.5 cm³/mol. The Balaban J connectivity index is 2.88. The van der Waals surface area contributed by atoms with Crippen LogP contribution in [0.4, 0.5) is 0 Å². The van der Waals surface area contributed by atoms with E-state index < -0.39 is 0 Å². The van der Waals surface area contributed by atoms with Crippen molar-refractivity contribution in [2.75, 3.05) is 13.2 Å². The third kappa shape index (κ3) is 11.6. The maximum Gasteiger partial charge on any atom is 0.129 e. The van der Waals surface area contributed by atoms with Crippen LogP contribution in [0.2, 0.25) is 0 Å². The van der Waals surface area contributed by atoms with Crippen molar-refractivity contribution in [3.05, 3.63) is 0 Å². The SMILES string of the molecule is CCCCOCCCCCCC(C)=O. The molecule has 0 aromatic heterocycles. The molecule has 2 nitrogen and oxygen atoms in total. The standard InChI is InChI=1S/C12H24O2/c1-3-4-10-14-11-8-6-5-7-9-12(2)13/h3-11H2,1-2H3. The van der Waals surface area contributed by atoms with E-state index in [9.17, 15) is 4.79 Å². The van der Waals surface area contributed by atoms with E-state index in [1.807, 2.05) is 0 Å². The molecule has 0 amide bonds. The smallest absolute Gasteiger partial charge is 0.129 e. The molecule has 2 heteroatoms. The number of hydrogen-bond acceptors (Lipinski definition) is 2. The lowest BCUT2D eigenvalue weighted by Gasteiger charge is -2.02. The van der Waals surface area contributed by atoms with Crippen molar-refractivity contribution in [3.63, 3.8) is 0 Å². The second kappa shape index (κ2) is 10.7. The average molecular weight is 200 g/mol. The summed E-state index contributed by atoms with van der Waals surface area (Å²) in [7, 11) is 0. The quantitative estimate of drug-likeness (QED) is 0.505. The lowest BCUT2D eigenvalue weighted by molar-refractivity contribution is -0.117. The van der Waals surface area contributed by atoms with Crippen LogP contribution in [0.1, 0.15) is 58.8 Å². The van der Waals surface area contributed by atoms with Crippen LogP contribution in [0.5, 0.6) is 0 Å². The number of carbonyl (C=O) groups excluding carboxylic acids is 1. The zero-order valence-electron chi connectivity index (χ0n) is 9.68. The van der Waals surface area contributed by atoms with Gasteiger partial charge in [-0.2, -0.15) is 0 Å². The Hall–Kier alpha value is -0.370. The van der Waals surface area contributed by atoms with Gasteiger partial charge in [-0.15, -0.1) is 0 Å². The lowest BCUT2D eigenvalue weighted by Crippen LogP contribution is -1.96. The molecule has 0 aliphatic carbocycles. The summed E-state index contributed by atoms with van der Waals surface area (Å²) in [6, 6.07) is 0. The summed E-state index contributed by atoms with van der Waals surface area (Å²) >= 11 is 0. The van der Waals surface area contributed by atoms with Crippen molar-refractivity contribution in [3.8, 4) is 0 Å². The van der Waals surface area contributed by atoms with E-state index in [4.69, 9.17) is 4.74 Å². The number of carbonyl (C=O) groups is 1. The van der Waals surface area contributed by atoms with Crippen LogP contribution in [-0.4, -0.2) is 19.0 Å². The third-order valence-corrected chi connectivity index (χ3v) is 2.21. The number of rotatable bonds is 10. The van der Waals surface area contributed by atoms with Gasteiger partial charge in [0.15, 0.2) is 0 Å². The molecule has 0 radical (unpaired) electrons. The van der Waals surface area contributed by atoms with Crippen molar-refractivity contribution in [2.24, 2.45) is 0 Å². The van der Waals surface area contributed by atoms with Crippen LogP contribution in [0.15, 0.2) is 0 Å². The summed E-state index contributed by atoms with van der Waals surface area (Å²) in [6.45, 7) is 5.63. The molecule has 0 unspecified atom stereocenters. The van der Waals surface area contributed by atoms with Gasteiger partial charge in [-0.25, -0.2) is 0 Å². The number of unbranched alkanes of at least 4 members (excludes halogenated alkanes) is 4. The van der Waals surface area contributed by atoms with E-state index in [0.717, 1.165) is 38.9 Å². The largest absolute Gasteiger partial charge is 0.381 e. The highest BCUT2D eigenvalue weighted by molar-refractivity contribution is 5.75. The third-order valence-electron chi connectivity index (χ3n) is 2.21. The first-order valence-corrected chi connectivity index (χ1v) is 5.84. The summed E-state index contributed by atoms with van der Waals surface area (Å²) in [4.78, 5) is 10.6. The molecule has 0 aliphatic rings. The number of hydrogen-bond donors (Lipinski definition) is 0. The molecule has 0 saturated carbocycles.